The average Bonchev–Trinajstić information content (AvgIpc) is 3.30. The molecule has 0 aliphatic heterocycles. The second-order valence-corrected chi connectivity index (χ2v) is 6.81. The van der Waals surface area contributed by atoms with Crippen LogP contribution in [0.5, 0.6) is 5.88 Å². The fraction of sp³-hybridized carbons (Fsp3) is 0.190. The van der Waals surface area contributed by atoms with Gasteiger partial charge in [-0.05, 0) is 38.5 Å². The lowest BCUT2D eigenvalue weighted by atomic mass is 10.0. The van der Waals surface area contributed by atoms with Crippen LogP contribution in [0.25, 0.3) is 22.2 Å². The minimum Gasteiger partial charge on any atom is -0.494 e. The maximum Gasteiger partial charge on any atom is 0.198 e. The first kappa shape index (κ1) is 18.4. The highest BCUT2D eigenvalue weighted by molar-refractivity contribution is 6.13. The van der Waals surface area contributed by atoms with E-state index >= 15 is 0 Å². The second-order valence-electron chi connectivity index (χ2n) is 6.81. The van der Waals surface area contributed by atoms with E-state index in [0.29, 0.717) is 22.6 Å². The highest BCUT2D eigenvalue weighted by atomic mass is 16.3. The Bertz CT molecular complexity index is 1280. The van der Waals surface area contributed by atoms with E-state index in [1.165, 1.54) is 0 Å². The molecule has 29 heavy (non-hydrogen) atoms. The second kappa shape index (κ2) is 7.20. The molecule has 4 aromatic rings. The van der Waals surface area contributed by atoms with Gasteiger partial charge in [-0.3, -0.25) is 14.6 Å². The zero-order valence-electron chi connectivity index (χ0n) is 16.2. The first-order valence-electron chi connectivity index (χ1n) is 9.10. The number of fused-ring (bicyclic) bond motifs is 1. The Labute approximate surface area is 167 Å². The van der Waals surface area contributed by atoms with E-state index < -0.39 is 0 Å². The standard InChI is InChI=1S/C21H19N7O/c1-12-4-6-23-10-16(12)17-8-15-18(11-24-17)26-21(29)20(15)14(3)25-19-5-7-28(27-19)13(2)9-22/h4-8,10-11,13,26,29H,1-3H3/t13-/m0/s1. The highest BCUT2D eigenvalue weighted by Gasteiger charge is 2.16. The maximum absolute atomic E-state index is 10.5. The monoisotopic (exact) mass is 385 g/mol. The summed E-state index contributed by atoms with van der Waals surface area (Å²) in [6.45, 7) is 5.57. The van der Waals surface area contributed by atoms with Gasteiger partial charge in [0, 0.05) is 35.6 Å². The third kappa shape index (κ3) is 3.34. The summed E-state index contributed by atoms with van der Waals surface area (Å²) in [6, 6.07) is 7.33. The molecule has 0 aliphatic rings. The molecule has 8 nitrogen and oxygen atoms in total. The number of nitrogens with zero attached hydrogens (tertiary/aromatic N) is 6. The van der Waals surface area contributed by atoms with Crippen LogP contribution in [0.3, 0.4) is 0 Å². The molecule has 4 heterocycles. The van der Waals surface area contributed by atoms with Gasteiger partial charge >= 0.3 is 0 Å². The molecule has 4 aromatic heterocycles. The van der Waals surface area contributed by atoms with Crippen LogP contribution in [0, 0.1) is 18.3 Å². The third-order valence-electron chi connectivity index (χ3n) is 4.80. The van der Waals surface area contributed by atoms with Crippen molar-refractivity contribution in [2.24, 2.45) is 4.99 Å². The van der Waals surface area contributed by atoms with Crippen LogP contribution in [0.4, 0.5) is 5.82 Å². The van der Waals surface area contributed by atoms with E-state index in [-0.39, 0.29) is 11.9 Å². The minimum absolute atomic E-state index is 0.0212. The van der Waals surface area contributed by atoms with Crippen molar-refractivity contribution < 1.29 is 5.11 Å². The van der Waals surface area contributed by atoms with Gasteiger partial charge in [0.2, 0.25) is 0 Å². The molecule has 8 heteroatoms. The first-order chi connectivity index (χ1) is 14.0. The minimum atomic E-state index is -0.378. The van der Waals surface area contributed by atoms with Gasteiger partial charge in [0.15, 0.2) is 11.7 Å². The fourth-order valence-corrected chi connectivity index (χ4v) is 3.22. The Kier molecular flexibility index (Phi) is 4.56. The largest absolute Gasteiger partial charge is 0.494 e. The molecule has 0 saturated carbocycles. The fourth-order valence-electron chi connectivity index (χ4n) is 3.22. The number of aryl methyl sites for hydroxylation is 1. The number of aromatic hydroxyl groups is 1. The molecule has 1 atom stereocenters. The number of nitrogens with one attached hydrogen (secondary N) is 1. The normalized spacial score (nSPS) is 12.8. The smallest absolute Gasteiger partial charge is 0.198 e. The summed E-state index contributed by atoms with van der Waals surface area (Å²) in [7, 11) is 0. The summed E-state index contributed by atoms with van der Waals surface area (Å²) in [5, 5.41) is 24.6. The number of H-pyrrole nitrogens is 1. The SMILES string of the molecule is CC(=Nc1ccn([C@@H](C)C#N)n1)c1c(O)[nH]c2cnc(-c3cnccc3C)cc12. The van der Waals surface area contributed by atoms with E-state index in [0.717, 1.165) is 22.2 Å². The summed E-state index contributed by atoms with van der Waals surface area (Å²) < 4.78 is 1.55. The van der Waals surface area contributed by atoms with Crippen LogP contribution in [0.15, 0.2) is 48.0 Å². The lowest BCUT2D eigenvalue weighted by Crippen LogP contribution is -2.02. The van der Waals surface area contributed by atoms with Crippen molar-refractivity contribution in [1.29, 1.82) is 5.26 Å². The van der Waals surface area contributed by atoms with E-state index in [1.807, 2.05) is 26.0 Å². The summed E-state index contributed by atoms with van der Waals surface area (Å²) in [4.78, 5) is 16.2. The molecular weight excluding hydrogens is 366 g/mol. The Morgan fingerprint density at radius 1 is 1.34 bits per heavy atom. The lowest BCUT2D eigenvalue weighted by Gasteiger charge is -2.05. The molecule has 0 radical (unpaired) electrons. The first-order valence-corrected chi connectivity index (χ1v) is 9.10. The van der Waals surface area contributed by atoms with Crippen LogP contribution in [0.2, 0.25) is 0 Å². The van der Waals surface area contributed by atoms with Crippen LogP contribution in [-0.4, -0.2) is 35.6 Å². The number of pyridine rings is 2. The zero-order valence-corrected chi connectivity index (χ0v) is 16.2. The van der Waals surface area contributed by atoms with Gasteiger partial charge in [-0.25, -0.2) is 4.99 Å². The molecule has 0 bridgehead atoms. The molecular formula is C21H19N7O. The van der Waals surface area contributed by atoms with E-state index in [9.17, 15) is 5.11 Å². The van der Waals surface area contributed by atoms with Crippen LogP contribution >= 0.6 is 0 Å². The van der Waals surface area contributed by atoms with Crippen molar-refractivity contribution in [2.75, 3.05) is 0 Å². The Hall–Kier alpha value is -3.99. The van der Waals surface area contributed by atoms with Gasteiger partial charge in [-0.1, -0.05) is 0 Å². The number of aromatic amines is 1. The molecule has 0 aromatic carbocycles. The summed E-state index contributed by atoms with van der Waals surface area (Å²) in [6.07, 6.45) is 6.92. The lowest BCUT2D eigenvalue weighted by molar-refractivity contribution is 0.457. The highest BCUT2D eigenvalue weighted by Crippen LogP contribution is 2.31. The predicted molar refractivity (Wildman–Crippen MR) is 110 cm³/mol. The van der Waals surface area contributed by atoms with Crippen LogP contribution in [0.1, 0.15) is 31.0 Å². The van der Waals surface area contributed by atoms with Crippen molar-refractivity contribution in [2.45, 2.75) is 26.8 Å². The molecule has 0 aliphatic carbocycles. The number of rotatable bonds is 4. The summed E-state index contributed by atoms with van der Waals surface area (Å²) >= 11 is 0. The molecule has 0 spiro atoms. The van der Waals surface area contributed by atoms with E-state index in [1.54, 1.807) is 42.5 Å². The van der Waals surface area contributed by atoms with Gasteiger partial charge in [0.25, 0.3) is 0 Å². The molecule has 0 amide bonds. The van der Waals surface area contributed by atoms with Crippen molar-refractivity contribution in [3.63, 3.8) is 0 Å². The molecule has 0 saturated heterocycles. The maximum atomic E-state index is 10.5. The van der Waals surface area contributed by atoms with E-state index in [4.69, 9.17) is 5.26 Å². The Morgan fingerprint density at radius 3 is 2.93 bits per heavy atom. The van der Waals surface area contributed by atoms with Gasteiger partial charge in [0.05, 0.1) is 34.8 Å². The summed E-state index contributed by atoms with van der Waals surface area (Å²) in [5.74, 6) is 0.490. The van der Waals surface area contributed by atoms with Crippen molar-refractivity contribution in [3.8, 4) is 23.2 Å². The van der Waals surface area contributed by atoms with Crippen molar-refractivity contribution in [1.82, 2.24) is 24.7 Å². The van der Waals surface area contributed by atoms with Crippen LogP contribution in [-0.2, 0) is 0 Å². The average molecular weight is 385 g/mol. The number of aromatic nitrogens is 5. The van der Waals surface area contributed by atoms with Crippen molar-refractivity contribution in [3.05, 3.63) is 54.1 Å². The van der Waals surface area contributed by atoms with Gasteiger partial charge in [-0.15, -0.1) is 0 Å². The number of hydrogen-bond acceptors (Lipinski definition) is 6. The van der Waals surface area contributed by atoms with E-state index in [2.05, 4.69) is 31.1 Å². The topological polar surface area (TPSA) is 116 Å². The van der Waals surface area contributed by atoms with Gasteiger partial charge in [-0.2, -0.15) is 10.4 Å². The Balaban J connectivity index is 1.80. The molecule has 0 fully saturated rings. The summed E-state index contributed by atoms with van der Waals surface area (Å²) in [5.41, 5.74) is 4.66. The predicted octanol–water partition coefficient (Wildman–Crippen LogP) is 4.06. The molecule has 4 rings (SSSR count). The van der Waals surface area contributed by atoms with Gasteiger partial charge < -0.3 is 10.1 Å². The Morgan fingerprint density at radius 2 is 2.17 bits per heavy atom. The number of hydrogen-bond donors (Lipinski definition) is 2. The molecule has 0 unspecified atom stereocenters. The number of nitriles is 1. The zero-order chi connectivity index (χ0) is 20.5. The molecule has 2 N–H and O–H groups in total. The quantitative estimate of drug-likeness (QED) is 0.514. The van der Waals surface area contributed by atoms with Crippen LogP contribution < -0.4 is 0 Å². The van der Waals surface area contributed by atoms with Crippen molar-refractivity contribution >= 4 is 22.4 Å². The molecule has 144 valence electrons. The third-order valence-corrected chi connectivity index (χ3v) is 4.80. The number of aliphatic imine (C=N–C) groups is 1. The van der Waals surface area contributed by atoms with Gasteiger partial charge in [0.1, 0.15) is 6.04 Å².